The first-order valence-corrected chi connectivity index (χ1v) is 7.18. The van der Waals surface area contributed by atoms with Crippen LogP contribution in [-0.4, -0.2) is 33.3 Å². The minimum absolute atomic E-state index is 0.242. The van der Waals surface area contributed by atoms with Crippen LogP contribution in [0.3, 0.4) is 0 Å². The van der Waals surface area contributed by atoms with Crippen molar-refractivity contribution in [1.82, 2.24) is 15.0 Å². The smallest absolute Gasteiger partial charge is 0.399 e. The molecule has 6 nitrogen and oxygen atoms in total. The van der Waals surface area contributed by atoms with Crippen molar-refractivity contribution in [1.29, 1.82) is 0 Å². The molecule has 0 radical (unpaired) electrons. The number of aromatic nitrogens is 3. The summed E-state index contributed by atoms with van der Waals surface area (Å²) in [6.45, 7) is 8.12. The summed E-state index contributed by atoms with van der Waals surface area (Å²) in [5.74, 6) is 0.242. The van der Waals surface area contributed by atoms with Gasteiger partial charge >= 0.3 is 7.12 Å². The van der Waals surface area contributed by atoms with Gasteiger partial charge in [0.1, 0.15) is 0 Å². The fourth-order valence-corrected chi connectivity index (χ4v) is 2.20. The summed E-state index contributed by atoms with van der Waals surface area (Å²) < 4.78 is 12.1. The van der Waals surface area contributed by atoms with Crippen LogP contribution >= 0.6 is 0 Å². The van der Waals surface area contributed by atoms with E-state index in [9.17, 15) is 0 Å². The zero-order chi connectivity index (χ0) is 16.0. The monoisotopic (exact) mass is 298 g/mol. The Morgan fingerprint density at radius 1 is 1.00 bits per heavy atom. The third kappa shape index (κ3) is 2.57. The molecule has 1 aliphatic rings. The van der Waals surface area contributed by atoms with Crippen molar-refractivity contribution in [3.05, 3.63) is 30.7 Å². The van der Waals surface area contributed by atoms with Crippen LogP contribution in [0.4, 0.5) is 5.95 Å². The van der Waals surface area contributed by atoms with Gasteiger partial charge in [0.15, 0.2) is 0 Å². The van der Waals surface area contributed by atoms with Crippen LogP contribution in [0.15, 0.2) is 30.7 Å². The predicted molar refractivity (Wildman–Crippen MR) is 85.4 cm³/mol. The molecule has 0 spiro atoms. The average molecular weight is 298 g/mol. The van der Waals surface area contributed by atoms with E-state index in [1.165, 1.54) is 0 Å². The summed E-state index contributed by atoms with van der Waals surface area (Å²) in [5, 5.41) is 0. The number of nitrogens with two attached hydrogens (primary N) is 1. The van der Waals surface area contributed by atoms with Gasteiger partial charge in [0.25, 0.3) is 0 Å². The Kier molecular flexibility index (Phi) is 3.42. The molecule has 0 aromatic carbocycles. The van der Waals surface area contributed by atoms with E-state index in [1.54, 1.807) is 18.6 Å². The fourth-order valence-electron chi connectivity index (χ4n) is 2.20. The van der Waals surface area contributed by atoms with E-state index in [4.69, 9.17) is 15.0 Å². The lowest BCUT2D eigenvalue weighted by molar-refractivity contribution is 0.00578. The number of anilines is 1. The molecule has 22 heavy (non-hydrogen) atoms. The quantitative estimate of drug-likeness (QED) is 0.844. The number of hydrogen-bond donors (Lipinski definition) is 1. The van der Waals surface area contributed by atoms with Crippen LogP contribution in [0.2, 0.25) is 0 Å². The second-order valence-corrected chi connectivity index (χ2v) is 6.39. The highest BCUT2D eigenvalue weighted by Gasteiger charge is 2.51. The standard InChI is InChI=1S/C15H19BN4O2/c1-14(2)15(3,4)22-16(21-14)11-5-6-18-12(7-11)10-8-19-13(17)20-9-10/h5-9H,1-4H3,(H2,17,19,20). The molecular weight excluding hydrogens is 279 g/mol. The van der Waals surface area contributed by atoms with Gasteiger partial charge in [0.2, 0.25) is 5.95 Å². The molecule has 0 unspecified atom stereocenters. The maximum atomic E-state index is 6.06. The zero-order valence-corrected chi connectivity index (χ0v) is 13.2. The van der Waals surface area contributed by atoms with Crippen LogP contribution in [0.1, 0.15) is 27.7 Å². The van der Waals surface area contributed by atoms with E-state index in [0.29, 0.717) is 0 Å². The molecule has 7 heteroatoms. The molecule has 114 valence electrons. The number of rotatable bonds is 2. The summed E-state index contributed by atoms with van der Waals surface area (Å²) in [7, 11) is -0.415. The summed E-state index contributed by atoms with van der Waals surface area (Å²) in [6, 6.07) is 3.82. The maximum absolute atomic E-state index is 6.06. The Hall–Kier alpha value is -1.99. The predicted octanol–water partition coefficient (Wildman–Crippen LogP) is 1.42. The van der Waals surface area contributed by atoms with Crippen molar-refractivity contribution in [2.75, 3.05) is 5.73 Å². The lowest BCUT2D eigenvalue weighted by Crippen LogP contribution is -2.41. The Bertz CT molecular complexity index is 672. The van der Waals surface area contributed by atoms with Crippen molar-refractivity contribution in [3.8, 4) is 11.3 Å². The third-order valence-electron chi connectivity index (χ3n) is 4.28. The molecule has 1 fully saturated rings. The van der Waals surface area contributed by atoms with Gasteiger partial charge in [0, 0.05) is 24.2 Å². The summed E-state index contributed by atoms with van der Waals surface area (Å²) in [4.78, 5) is 12.3. The van der Waals surface area contributed by atoms with Crippen molar-refractivity contribution < 1.29 is 9.31 Å². The lowest BCUT2D eigenvalue weighted by atomic mass is 9.79. The molecule has 0 amide bonds. The van der Waals surface area contributed by atoms with E-state index < -0.39 is 7.12 Å². The summed E-state index contributed by atoms with van der Waals surface area (Å²) in [6.07, 6.45) is 5.03. The van der Waals surface area contributed by atoms with Crippen LogP contribution in [0.5, 0.6) is 0 Å². The molecule has 2 N–H and O–H groups in total. The molecule has 2 aromatic heterocycles. The molecule has 3 heterocycles. The highest BCUT2D eigenvalue weighted by Crippen LogP contribution is 2.36. The molecule has 0 saturated carbocycles. The fraction of sp³-hybridized carbons (Fsp3) is 0.400. The van der Waals surface area contributed by atoms with Gasteiger partial charge in [-0.1, -0.05) is 0 Å². The maximum Gasteiger partial charge on any atom is 0.494 e. The zero-order valence-electron chi connectivity index (χ0n) is 13.2. The second kappa shape index (κ2) is 5.03. The van der Waals surface area contributed by atoms with Gasteiger partial charge in [-0.05, 0) is 45.3 Å². The molecule has 1 saturated heterocycles. The van der Waals surface area contributed by atoms with E-state index in [1.807, 2.05) is 39.8 Å². The van der Waals surface area contributed by atoms with Crippen molar-refractivity contribution in [2.45, 2.75) is 38.9 Å². The van der Waals surface area contributed by atoms with Crippen LogP contribution in [0, 0.1) is 0 Å². The van der Waals surface area contributed by atoms with E-state index in [0.717, 1.165) is 16.7 Å². The minimum Gasteiger partial charge on any atom is -0.399 e. The number of nitrogen functional groups attached to an aromatic ring is 1. The normalized spacial score (nSPS) is 19.4. The summed E-state index contributed by atoms with van der Waals surface area (Å²) >= 11 is 0. The Balaban J connectivity index is 1.91. The first-order valence-electron chi connectivity index (χ1n) is 7.18. The third-order valence-corrected chi connectivity index (χ3v) is 4.28. The highest BCUT2D eigenvalue weighted by atomic mass is 16.7. The first kappa shape index (κ1) is 14.9. The first-order chi connectivity index (χ1) is 10.3. The topological polar surface area (TPSA) is 83.2 Å². The Labute approximate surface area is 130 Å². The second-order valence-electron chi connectivity index (χ2n) is 6.39. The minimum atomic E-state index is -0.415. The largest absolute Gasteiger partial charge is 0.494 e. The molecule has 3 rings (SSSR count). The highest BCUT2D eigenvalue weighted by molar-refractivity contribution is 6.62. The number of hydrogen-bond acceptors (Lipinski definition) is 6. The molecular formula is C15H19BN4O2. The SMILES string of the molecule is CC1(C)OB(c2ccnc(-c3cnc(N)nc3)c2)OC1(C)C. The lowest BCUT2D eigenvalue weighted by Gasteiger charge is -2.32. The molecule has 2 aromatic rings. The van der Waals surface area contributed by atoms with Crippen LogP contribution in [0.25, 0.3) is 11.3 Å². The van der Waals surface area contributed by atoms with Crippen molar-refractivity contribution in [3.63, 3.8) is 0 Å². The molecule has 1 aliphatic heterocycles. The number of pyridine rings is 1. The van der Waals surface area contributed by atoms with Gasteiger partial charge in [-0.2, -0.15) is 0 Å². The van der Waals surface area contributed by atoms with E-state index in [2.05, 4.69) is 15.0 Å². The van der Waals surface area contributed by atoms with Gasteiger partial charge < -0.3 is 15.0 Å². The van der Waals surface area contributed by atoms with Gasteiger partial charge in [-0.15, -0.1) is 0 Å². The number of nitrogens with zero attached hydrogens (tertiary/aromatic N) is 3. The summed E-state index contributed by atoms with van der Waals surface area (Å²) in [5.41, 5.74) is 7.24. The van der Waals surface area contributed by atoms with Crippen LogP contribution in [-0.2, 0) is 9.31 Å². The van der Waals surface area contributed by atoms with Crippen molar-refractivity contribution >= 4 is 18.5 Å². The van der Waals surface area contributed by atoms with E-state index in [-0.39, 0.29) is 17.2 Å². The van der Waals surface area contributed by atoms with Gasteiger partial charge in [-0.25, -0.2) is 9.97 Å². The Morgan fingerprint density at radius 3 is 2.18 bits per heavy atom. The molecule has 0 bridgehead atoms. The van der Waals surface area contributed by atoms with Gasteiger partial charge in [0.05, 0.1) is 16.9 Å². The van der Waals surface area contributed by atoms with E-state index >= 15 is 0 Å². The van der Waals surface area contributed by atoms with Crippen LogP contribution < -0.4 is 11.2 Å². The van der Waals surface area contributed by atoms with Gasteiger partial charge in [-0.3, -0.25) is 4.98 Å². The average Bonchev–Trinajstić information content (AvgIpc) is 2.68. The molecule has 0 aliphatic carbocycles. The molecule has 0 atom stereocenters. The van der Waals surface area contributed by atoms with Crippen molar-refractivity contribution in [2.24, 2.45) is 0 Å². The Morgan fingerprint density at radius 2 is 1.59 bits per heavy atom.